The molecule has 1 saturated carbocycles. The van der Waals surface area contributed by atoms with E-state index in [2.05, 4.69) is 5.32 Å². The highest BCUT2D eigenvalue weighted by Gasteiger charge is 2.32. The van der Waals surface area contributed by atoms with Crippen molar-refractivity contribution in [1.29, 1.82) is 0 Å². The lowest BCUT2D eigenvalue weighted by Gasteiger charge is -2.28. The zero-order valence-electron chi connectivity index (χ0n) is 16.3. The molecule has 0 bridgehead atoms. The number of amides is 1. The van der Waals surface area contributed by atoms with Crippen LogP contribution in [0.5, 0.6) is 0 Å². The lowest BCUT2D eigenvalue weighted by molar-refractivity contribution is 0.0449. The van der Waals surface area contributed by atoms with Crippen LogP contribution < -0.4 is 5.32 Å². The lowest BCUT2D eigenvalue weighted by atomic mass is 10.0. The quantitative estimate of drug-likeness (QED) is 0.787. The molecular weight excluding hydrogens is 388 g/mol. The van der Waals surface area contributed by atoms with Gasteiger partial charge in [-0.2, -0.15) is 4.31 Å². The fourth-order valence-corrected chi connectivity index (χ4v) is 5.64. The van der Waals surface area contributed by atoms with Crippen molar-refractivity contribution in [3.05, 3.63) is 65.2 Å². The number of fused-ring (bicyclic) bond motifs is 1. The Balaban J connectivity index is 1.49. The van der Waals surface area contributed by atoms with Gasteiger partial charge < -0.3 is 10.4 Å². The van der Waals surface area contributed by atoms with Gasteiger partial charge in [-0.1, -0.05) is 43.2 Å². The number of benzene rings is 2. The predicted octanol–water partition coefficient (Wildman–Crippen LogP) is 2.47. The third-order valence-corrected chi connectivity index (χ3v) is 7.78. The van der Waals surface area contributed by atoms with Crippen molar-refractivity contribution >= 4 is 15.9 Å². The number of carbonyl (C=O) groups excluding carboxylic acids is 1. The SMILES string of the molecule is O=C(NCC1(O)CCCC1)c1cccc(S(=O)(=O)N2CCc3ccccc3C2)c1. The number of carbonyl (C=O) groups is 1. The highest BCUT2D eigenvalue weighted by atomic mass is 32.2. The highest BCUT2D eigenvalue weighted by Crippen LogP contribution is 2.29. The summed E-state index contributed by atoms with van der Waals surface area (Å²) in [5, 5.41) is 13.2. The Labute approximate surface area is 171 Å². The Kier molecular flexibility index (Phi) is 5.46. The number of sulfonamides is 1. The Hall–Kier alpha value is -2.22. The van der Waals surface area contributed by atoms with Crippen molar-refractivity contribution in [2.24, 2.45) is 0 Å². The van der Waals surface area contributed by atoms with Gasteiger partial charge in [-0.15, -0.1) is 0 Å². The molecule has 2 aromatic carbocycles. The van der Waals surface area contributed by atoms with Crippen LogP contribution >= 0.6 is 0 Å². The van der Waals surface area contributed by atoms with Crippen LogP contribution in [0.25, 0.3) is 0 Å². The summed E-state index contributed by atoms with van der Waals surface area (Å²) in [5.74, 6) is -0.369. The molecule has 0 radical (unpaired) electrons. The first kappa shape index (κ1) is 20.1. The van der Waals surface area contributed by atoms with Crippen molar-refractivity contribution in [2.45, 2.75) is 49.1 Å². The Morgan fingerprint density at radius 1 is 1.07 bits per heavy atom. The molecular formula is C22H26N2O4S. The largest absolute Gasteiger partial charge is 0.388 e. The number of hydrogen-bond donors (Lipinski definition) is 2. The molecule has 6 nitrogen and oxygen atoms in total. The minimum absolute atomic E-state index is 0.115. The van der Waals surface area contributed by atoms with Crippen LogP contribution in [0.2, 0.25) is 0 Å². The van der Waals surface area contributed by atoms with Crippen LogP contribution in [-0.4, -0.2) is 42.4 Å². The molecule has 0 saturated heterocycles. The molecule has 0 unspecified atom stereocenters. The first-order chi connectivity index (χ1) is 13.9. The van der Waals surface area contributed by atoms with Crippen molar-refractivity contribution in [2.75, 3.05) is 13.1 Å². The topological polar surface area (TPSA) is 86.7 Å². The molecule has 1 aliphatic heterocycles. The van der Waals surface area contributed by atoms with Gasteiger partial charge in [-0.05, 0) is 48.6 Å². The molecule has 0 aromatic heterocycles. The summed E-state index contributed by atoms with van der Waals surface area (Å²) in [6.07, 6.45) is 3.95. The van der Waals surface area contributed by atoms with E-state index < -0.39 is 15.6 Å². The zero-order chi connectivity index (χ0) is 20.5. The molecule has 2 N–H and O–H groups in total. The molecule has 2 aromatic rings. The van der Waals surface area contributed by atoms with Gasteiger partial charge in [0.05, 0.1) is 10.5 Å². The molecule has 1 heterocycles. The molecule has 29 heavy (non-hydrogen) atoms. The predicted molar refractivity (Wildman–Crippen MR) is 110 cm³/mol. The molecule has 1 fully saturated rings. The summed E-state index contributed by atoms with van der Waals surface area (Å²) >= 11 is 0. The summed E-state index contributed by atoms with van der Waals surface area (Å²) in [7, 11) is -3.70. The fraction of sp³-hybridized carbons (Fsp3) is 0.409. The van der Waals surface area contributed by atoms with Crippen LogP contribution in [0.3, 0.4) is 0 Å². The number of rotatable bonds is 5. The average molecular weight is 415 g/mol. The van der Waals surface area contributed by atoms with Crippen molar-refractivity contribution in [3.8, 4) is 0 Å². The van der Waals surface area contributed by atoms with E-state index in [4.69, 9.17) is 0 Å². The maximum absolute atomic E-state index is 13.1. The van der Waals surface area contributed by atoms with Gasteiger partial charge in [-0.3, -0.25) is 4.79 Å². The van der Waals surface area contributed by atoms with E-state index in [1.54, 1.807) is 12.1 Å². The van der Waals surface area contributed by atoms with Gasteiger partial charge in [-0.25, -0.2) is 8.42 Å². The molecule has 0 atom stereocenters. The van der Waals surface area contributed by atoms with Crippen LogP contribution in [0, 0.1) is 0 Å². The fourth-order valence-electron chi connectivity index (χ4n) is 4.18. The Morgan fingerprint density at radius 2 is 1.79 bits per heavy atom. The third kappa shape index (κ3) is 4.22. The Bertz CT molecular complexity index is 1010. The zero-order valence-corrected chi connectivity index (χ0v) is 17.1. The van der Waals surface area contributed by atoms with Gasteiger partial charge in [0, 0.05) is 25.2 Å². The molecule has 7 heteroatoms. The van der Waals surface area contributed by atoms with Gasteiger partial charge >= 0.3 is 0 Å². The lowest BCUT2D eigenvalue weighted by Crippen LogP contribution is -2.40. The average Bonchev–Trinajstić information content (AvgIpc) is 3.18. The summed E-state index contributed by atoms with van der Waals surface area (Å²) < 4.78 is 27.8. The minimum Gasteiger partial charge on any atom is -0.388 e. The number of nitrogens with zero attached hydrogens (tertiary/aromatic N) is 1. The smallest absolute Gasteiger partial charge is 0.251 e. The summed E-state index contributed by atoms with van der Waals surface area (Å²) in [4.78, 5) is 12.6. The van der Waals surface area contributed by atoms with E-state index in [1.165, 1.54) is 22.0 Å². The third-order valence-electron chi connectivity index (χ3n) is 5.94. The van der Waals surface area contributed by atoms with Gasteiger partial charge in [0.15, 0.2) is 0 Å². The van der Waals surface area contributed by atoms with Crippen LogP contribution in [0.1, 0.15) is 47.2 Å². The van der Waals surface area contributed by atoms with Crippen molar-refractivity contribution in [1.82, 2.24) is 9.62 Å². The van der Waals surface area contributed by atoms with E-state index in [0.29, 0.717) is 32.4 Å². The van der Waals surface area contributed by atoms with Gasteiger partial charge in [0.1, 0.15) is 0 Å². The number of nitrogens with one attached hydrogen (secondary N) is 1. The normalized spacial score (nSPS) is 18.9. The molecule has 1 aliphatic carbocycles. The maximum atomic E-state index is 13.1. The molecule has 2 aliphatic rings. The van der Waals surface area contributed by atoms with E-state index in [0.717, 1.165) is 18.4 Å². The highest BCUT2D eigenvalue weighted by molar-refractivity contribution is 7.89. The van der Waals surface area contributed by atoms with E-state index in [1.807, 2.05) is 24.3 Å². The van der Waals surface area contributed by atoms with Crippen molar-refractivity contribution in [3.63, 3.8) is 0 Å². The Morgan fingerprint density at radius 3 is 2.55 bits per heavy atom. The maximum Gasteiger partial charge on any atom is 0.251 e. The molecule has 1 amide bonds. The molecule has 154 valence electrons. The van der Waals surface area contributed by atoms with Gasteiger partial charge in [0.2, 0.25) is 10.0 Å². The second kappa shape index (κ2) is 7.89. The first-order valence-electron chi connectivity index (χ1n) is 10.1. The van der Waals surface area contributed by atoms with Crippen LogP contribution in [0.4, 0.5) is 0 Å². The second-order valence-corrected chi connectivity index (χ2v) is 9.94. The molecule has 4 rings (SSSR count). The van der Waals surface area contributed by atoms with Crippen LogP contribution in [0.15, 0.2) is 53.4 Å². The first-order valence-corrected chi connectivity index (χ1v) is 11.5. The monoisotopic (exact) mass is 414 g/mol. The minimum atomic E-state index is -3.70. The van der Waals surface area contributed by atoms with Crippen LogP contribution in [-0.2, 0) is 23.0 Å². The number of hydrogen-bond acceptors (Lipinski definition) is 4. The molecule has 0 spiro atoms. The summed E-state index contributed by atoms with van der Waals surface area (Å²) in [6, 6.07) is 14.0. The summed E-state index contributed by atoms with van der Waals surface area (Å²) in [6.45, 7) is 0.941. The summed E-state index contributed by atoms with van der Waals surface area (Å²) in [5.41, 5.74) is 1.63. The van der Waals surface area contributed by atoms with E-state index in [9.17, 15) is 18.3 Å². The number of aliphatic hydroxyl groups is 1. The van der Waals surface area contributed by atoms with E-state index >= 15 is 0 Å². The van der Waals surface area contributed by atoms with Gasteiger partial charge in [0.25, 0.3) is 5.91 Å². The van der Waals surface area contributed by atoms with Crippen molar-refractivity contribution < 1.29 is 18.3 Å². The second-order valence-electron chi connectivity index (χ2n) is 8.00. The van der Waals surface area contributed by atoms with E-state index in [-0.39, 0.29) is 22.9 Å². The standard InChI is InChI=1S/C22H26N2O4S/c25-21(23-16-22(26)11-3-4-12-22)18-8-5-9-20(14-18)29(27,28)24-13-10-17-6-1-2-7-19(17)15-24/h1-2,5-9,14,26H,3-4,10-13,15-16H2,(H,23,25).